The molecule has 0 fully saturated rings. The predicted octanol–water partition coefficient (Wildman–Crippen LogP) is 4.79. The number of pyridine rings is 1. The maximum absolute atomic E-state index is 5.52. The molecule has 0 spiro atoms. The van der Waals surface area contributed by atoms with Crippen molar-refractivity contribution in [2.75, 3.05) is 5.75 Å². The minimum atomic E-state index is 0.566. The zero-order chi connectivity index (χ0) is 18.3. The highest BCUT2D eigenvalue weighted by Gasteiger charge is 2.16. The average Bonchev–Trinajstić information content (AvgIpc) is 3.37. The Bertz CT molecular complexity index is 995. The van der Waals surface area contributed by atoms with Crippen LogP contribution in [0.4, 0.5) is 0 Å². The minimum absolute atomic E-state index is 0.566. The van der Waals surface area contributed by atoms with Gasteiger partial charge < -0.3 is 4.42 Å². The lowest BCUT2D eigenvalue weighted by atomic mass is 10.2. The number of thioether (sulfide) groups is 1. The average molecular weight is 374 g/mol. The van der Waals surface area contributed by atoms with Crippen LogP contribution in [0.5, 0.6) is 0 Å². The second-order valence-electron chi connectivity index (χ2n) is 5.81. The second kappa shape index (κ2) is 8.51. The van der Waals surface area contributed by atoms with E-state index in [-0.39, 0.29) is 0 Å². The molecule has 3 aromatic heterocycles. The van der Waals surface area contributed by atoms with Gasteiger partial charge in [0.05, 0.1) is 12.8 Å². The van der Waals surface area contributed by atoms with Crippen molar-refractivity contribution in [2.24, 2.45) is 0 Å². The van der Waals surface area contributed by atoms with Gasteiger partial charge in [0, 0.05) is 11.9 Å². The van der Waals surface area contributed by atoms with Crippen molar-refractivity contribution in [3.05, 3.63) is 90.5 Å². The van der Waals surface area contributed by atoms with Crippen molar-refractivity contribution in [3.63, 3.8) is 0 Å². The molecular formula is C21H18N4OS. The Morgan fingerprint density at radius 3 is 2.63 bits per heavy atom. The fourth-order valence-corrected chi connectivity index (χ4v) is 3.40. The summed E-state index contributed by atoms with van der Waals surface area (Å²) in [5, 5.41) is 9.58. The number of aromatic nitrogens is 4. The van der Waals surface area contributed by atoms with Gasteiger partial charge in [0.15, 0.2) is 11.0 Å². The first-order valence-electron chi connectivity index (χ1n) is 8.61. The molecule has 1 aromatic carbocycles. The van der Waals surface area contributed by atoms with Crippen LogP contribution in [-0.2, 0) is 6.54 Å². The zero-order valence-corrected chi connectivity index (χ0v) is 15.4. The molecule has 4 rings (SSSR count). The van der Waals surface area contributed by atoms with E-state index < -0.39 is 0 Å². The molecule has 134 valence electrons. The zero-order valence-electron chi connectivity index (χ0n) is 14.6. The molecular weight excluding hydrogens is 356 g/mol. The summed E-state index contributed by atoms with van der Waals surface area (Å²) in [5.74, 6) is 2.39. The maximum Gasteiger partial charge on any atom is 0.192 e. The van der Waals surface area contributed by atoms with Gasteiger partial charge in [-0.15, -0.1) is 10.2 Å². The first kappa shape index (κ1) is 17.3. The third kappa shape index (κ3) is 4.35. The molecule has 6 heteroatoms. The molecule has 3 heterocycles. The third-order valence-electron chi connectivity index (χ3n) is 3.92. The van der Waals surface area contributed by atoms with E-state index in [9.17, 15) is 0 Å². The summed E-state index contributed by atoms with van der Waals surface area (Å²) >= 11 is 1.64. The van der Waals surface area contributed by atoms with Crippen molar-refractivity contribution >= 4 is 17.8 Å². The first-order chi connectivity index (χ1) is 13.4. The summed E-state index contributed by atoms with van der Waals surface area (Å²) in [6, 6.07) is 19.9. The summed E-state index contributed by atoms with van der Waals surface area (Å²) < 4.78 is 7.56. The lowest BCUT2D eigenvalue weighted by Crippen LogP contribution is -2.04. The summed E-state index contributed by atoms with van der Waals surface area (Å²) in [7, 11) is 0. The van der Waals surface area contributed by atoms with Gasteiger partial charge in [0.1, 0.15) is 11.5 Å². The lowest BCUT2D eigenvalue weighted by molar-refractivity contribution is 0.485. The van der Waals surface area contributed by atoms with Gasteiger partial charge in [-0.25, -0.2) is 0 Å². The summed E-state index contributed by atoms with van der Waals surface area (Å²) in [6.07, 6.45) is 7.68. The number of nitrogens with zero attached hydrogens (tertiary/aromatic N) is 4. The standard InChI is InChI=1S/C21H18N4OS/c1-2-8-17(9-3-1)10-7-15-27-21-24-23-20(19-12-4-5-13-22-19)25(21)16-18-11-6-14-26-18/h1-14H,15-16H2. The normalized spacial score (nSPS) is 11.3. The largest absolute Gasteiger partial charge is 0.467 e. The van der Waals surface area contributed by atoms with Crippen LogP contribution in [-0.4, -0.2) is 25.5 Å². The highest BCUT2D eigenvalue weighted by atomic mass is 32.2. The van der Waals surface area contributed by atoms with Gasteiger partial charge in [-0.05, 0) is 29.8 Å². The van der Waals surface area contributed by atoms with Crippen LogP contribution in [0.25, 0.3) is 17.6 Å². The van der Waals surface area contributed by atoms with Crippen LogP contribution in [0, 0.1) is 0 Å². The van der Waals surface area contributed by atoms with E-state index in [0.29, 0.717) is 6.54 Å². The molecule has 0 aliphatic carbocycles. The molecule has 0 unspecified atom stereocenters. The fraction of sp³-hybridized carbons (Fsp3) is 0.0952. The lowest BCUT2D eigenvalue weighted by Gasteiger charge is -2.07. The fourth-order valence-electron chi connectivity index (χ4n) is 2.65. The Kier molecular flexibility index (Phi) is 5.45. The second-order valence-corrected chi connectivity index (χ2v) is 6.80. The third-order valence-corrected chi connectivity index (χ3v) is 4.84. The molecule has 27 heavy (non-hydrogen) atoms. The van der Waals surface area contributed by atoms with Crippen molar-refractivity contribution in [1.29, 1.82) is 0 Å². The van der Waals surface area contributed by atoms with Crippen LogP contribution in [0.1, 0.15) is 11.3 Å². The van der Waals surface area contributed by atoms with Crippen LogP contribution >= 0.6 is 11.8 Å². The van der Waals surface area contributed by atoms with Gasteiger partial charge in [-0.1, -0.05) is 60.3 Å². The molecule has 5 nitrogen and oxygen atoms in total. The highest BCUT2D eigenvalue weighted by molar-refractivity contribution is 7.99. The van der Waals surface area contributed by atoms with Gasteiger partial charge in [0.25, 0.3) is 0 Å². The van der Waals surface area contributed by atoms with E-state index >= 15 is 0 Å². The minimum Gasteiger partial charge on any atom is -0.467 e. The van der Waals surface area contributed by atoms with Crippen molar-refractivity contribution in [2.45, 2.75) is 11.7 Å². The Morgan fingerprint density at radius 1 is 0.963 bits per heavy atom. The molecule has 0 N–H and O–H groups in total. The Labute approximate surface area is 161 Å². The van der Waals surface area contributed by atoms with E-state index in [1.165, 1.54) is 5.56 Å². The molecule has 0 saturated carbocycles. The van der Waals surface area contributed by atoms with E-state index in [2.05, 4.69) is 39.5 Å². The molecule has 0 bridgehead atoms. The highest BCUT2D eigenvalue weighted by Crippen LogP contribution is 2.24. The molecule has 0 amide bonds. The van der Waals surface area contributed by atoms with Crippen molar-refractivity contribution < 1.29 is 4.42 Å². The smallest absolute Gasteiger partial charge is 0.192 e. The number of hydrogen-bond acceptors (Lipinski definition) is 5. The number of rotatable bonds is 7. The van der Waals surface area contributed by atoms with Gasteiger partial charge in [-0.3, -0.25) is 9.55 Å². The quantitative estimate of drug-likeness (QED) is 0.436. The van der Waals surface area contributed by atoms with Gasteiger partial charge >= 0.3 is 0 Å². The van der Waals surface area contributed by atoms with E-state index in [0.717, 1.165) is 28.2 Å². The van der Waals surface area contributed by atoms with Crippen LogP contribution < -0.4 is 0 Å². The van der Waals surface area contributed by atoms with Gasteiger partial charge in [-0.2, -0.15) is 0 Å². The van der Waals surface area contributed by atoms with Crippen LogP contribution in [0.2, 0.25) is 0 Å². The molecule has 0 aliphatic rings. The SMILES string of the molecule is C(=Cc1ccccc1)CSc1nnc(-c2ccccn2)n1Cc1ccco1. The Morgan fingerprint density at radius 2 is 1.85 bits per heavy atom. The molecule has 0 saturated heterocycles. The van der Waals surface area contributed by atoms with Crippen molar-refractivity contribution in [3.8, 4) is 11.5 Å². The monoisotopic (exact) mass is 374 g/mol. The first-order valence-corrected chi connectivity index (χ1v) is 9.60. The number of furan rings is 1. The molecule has 0 radical (unpaired) electrons. The maximum atomic E-state index is 5.52. The molecule has 0 aliphatic heterocycles. The summed E-state index contributed by atoms with van der Waals surface area (Å²) in [6.45, 7) is 0.566. The summed E-state index contributed by atoms with van der Waals surface area (Å²) in [5.41, 5.74) is 1.98. The summed E-state index contributed by atoms with van der Waals surface area (Å²) in [4.78, 5) is 4.41. The molecule has 0 atom stereocenters. The van der Waals surface area contributed by atoms with E-state index in [4.69, 9.17) is 4.42 Å². The van der Waals surface area contributed by atoms with Crippen molar-refractivity contribution in [1.82, 2.24) is 19.7 Å². The van der Waals surface area contributed by atoms with Gasteiger partial charge in [0.2, 0.25) is 0 Å². The van der Waals surface area contributed by atoms with E-state index in [1.54, 1.807) is 24.2 Å². The topological polar surface area (TPSA) is 56.7 Å². The van der Waals surface area contributed by atoms with Crippen LogP contribution in [0.3, 0.4) is 0 Å². The number of hydrogen-bond donors (Lipinski definition) is 0. The van der Waals surface area contributed by atoms with Crippen LogP contribution in [0.15, 0.2) is 88.8 Å². The predicted molar refractivity (Wildman–Crippen MR) is 107 cm³/mol. The Balaban J connectivity index is 1.54. The number of benzene rings is 1. The molecule has 4 aromatic rings. The Hall–Kier alpha value is -3.12. The van der Waals surface area contributed by atoms with E-state index in [1.807, 2.05) is 53.1 Å².